The summed E-state index contributed by atoms with van der Waals surface area (Å²) in [6.07, 6.45) is -5.78. The van der Waals surface area contributed by atoms with Crippen molar-refractivity contribution >= 4 is 33.8 Å². The van der Waals surface area contributed by atoms with E-state index in [0.717, 1.165) is 32.1 Å². The van der Waals surface area contributed by atoms with E-state index in [1.807, 2.05) is 11.9 Å². The summed E-state index contributed by atoms with van der Waals surface area (Å²) in [7, 11) is 1.85. The van der Waals surface area contributed by atoms with Gasteiger partial charge in [0.1, 0.15) is 16.4 Å². The molecule has 1 saturated heterocycles. The molecule has 1 amide bonds. The maximum Gasteiger partial charge on any atom is 0.416 e. The molecular formula is C30H35BrF6N4O4. The third-order valence-corrected chi connectivity index (χ3v) is 8.69. The predicted octanol–water partition coefficient (Wildman–Crippen LogP) is 7.94. The number of anilines is 1. The topological polar surface area (TPSA) is 84.9 Å². The molecule has 15 heteroatoms. The lowest BCUT2D eigenvalue weighted by Gasteiger charge is -2.27. The number of alkyl halides is 6. The number of nitrogens with zero attached hydrogens (tertiary/aromatic N) is 4. The van der Waals surface area contributed by atoms with Crippen LogP contribution < -0.4 is 4.90 Å². The van der Waals surface area contributed by atoms with Gasteiger partial charge in [-0.25, -0.2) is 14.8 Å². The first-order valence-corrected chi connectivity index (χ1v) is 15.5. The summed E-state index contributed by atoms with van der Waals surface area (Å²) in [5.74, 6) is 0.873. The molecule has 1 aliphatic carbocycles. The number of benzene rings is 1. The largest absolute Gasteiger partial charge is 0.466 e. The average Bonchev–Trinajstić information content (AvgIpc) is 3.08. The van der Waals surface area contributed by atoms with Crippen LogP contribution in [0.5, 0.6) is 0 Å². The molecule has 0 spiro atoms. The smallest absolute Gasteiger partial charge is 0.416 e. The second-order valence-corrected chi connectivity index (χ2v) is 12.4. The molecule has 1 saturated carbocycles. The van der Waals surface area contributed by atoms with E-state index in [4.69, 9.17) is 9.47 Å². The molecule has 2 aliphatic rings. The summed E-state index contributed by atoms with van der Waals surface area (Å²) in [4.78, 5) is 37.1. The van der Waals surface area contributed by atoms with Gasteiger partial charge in [0.25, 0.3) is 0 Å². The Morgan fingerprint density at radius 3 is 2.31 bits per heavy atom. The minimum absolute atomic E-state index is 0.0384. The summed E-state index contributed by atoms with van der Waals surface area (Å²) < 4.78 is 91.7. The van der Waals surface area contributed by atoms with Gasteiger partial charge in [-0.1, -0.05) is 6.42 Å². The zero-order valence-corrected chi connectivity index (χ0v) is 26.6. The van der Waals surface area contributed by atoms with Crippen molar-refractivity contribution in [3.8, 4) is 0 Å². The standard InChI is InChI=1S/C30H35BrF6N4O4/c1-4-44-25(42)10-18-6-5-7-19(9-8-18)15-40(3)27-23(39-24(31)14-38-27)16-41-17(2)26(45-28(41)43)20-11-21(29(32,33)34)13-22(12-20)30(35,36)37/h11-14,17-19,26H,4-10,15-16H2,1-3H3. The van der Waals surface area contributed by atoms with Gasteiger partial charge >= 0.3 is 24.4 Å². The second kappa shape index (κ2) is 14.1. The van der Waals surface area contributed by atoms with Crippen molar-refractivity contribution in [3.05, 3.63) is 51.4 Å². The molecule has 4 atom stereocenters. The summed E-state index contributed by atoms with van der Waals surface area (Å²) >= 11 is 3.30. The molecule has 248 valence electrons. The van der Waals surface area contributed by atoms with Gasteiger partial charge < -0.3 is 14.4 Å². The second-order valence-electron chi connectivity index (χ2n) is 11.6. The highest BCUT2D eigenvalue weighted by Crippen LogP contribution is 2.41. The van der Waals surface area contributed by atoms with Gasteiger partial charge in [0, 0.05) is 20.0 Å². The first kappa shape index (κ1) is 34.8. The lowest BCUT2D eigenvalue weighted by molar-refractivity contribution is -0.145. The number of halogens is 7. The van der Waals surface area contributed by atoms with E-state index < -0.39 is 47.3 Å². The average molecular weight is 710 g/mol. The third-order valence-electron chi connectivity index (χ3n) is 8.31. The van der Waals surface area contributed by atoms with Crippen molar-refractivity contribution in [2.24, 2.45) is 11.8 Å². The Hall–Kier alpha value is -3.10. The molecule has 2 aromatic rings. The van der Waals surface area contributed by atoms with Crippen LogP contribution in [0, 0.1) is 11.8 Å². The Morgan fingerprint density at radius 2 is 1.69 bits per heavy atom. The van der Waals surface area contributed by atoms with E-state index in [9.17, 15) is 35.9 Å². The number of amides is 1. The lowest BCUT2D eigenvalue weighted by Crippen LogP contribution is -2.34. The molecule has 8 nitrogen and oxygen atoms in total. The summed E-state index contributed by atoms with van der Waals surface area (Å²) in [6, 6.07) is 0.278. The normalized spacial score (nSPS) is 22.6. The fourth-order valence-electron chi connectivity index (χ4n) is 6.06. The SMILES string of the molecule is CCOC(=O)CC1CCCC(CN(C)c2ncc(Br)nc2CN2C(=O)OC(c3cc(C(F)(F)F)cc(C(F)(F)F)c3)C2C)CC1. The zero-order valence-electron chi connectivity index (χ0n) is 25.1. The van der Waals surface area contributed by atoms with Gasteiger partial charge in [0.05, 0.1) is 36.5 Å². The van der Waals surface area contributed by atoms with E-state index in [2.05, 4.69) is 25.9 Å². The first-order valence-electron chi connectivity index (χ1n) is 14.7. The van der Waals surface area contributed by atoms with Crippen LogP contribution in [-0.4, -0.2) is 53.2 Å². The minimum atomic E-state index is -5.04. The Kier molecular flexibility index (Phi) is 10.9. The van der Waals surface area contributed by atoms with Crippen LogP contribution in [0.1, 0.15) is 80.9 Å². The van der Waals surface area contributed by atoms with Gasteiger partial charge in [-0.2, -0.15) is 26.3 Å². The molecular weight excluding hydrogens is 674 g/mol. The van der Waals surface area contributed by atoms with E-state index in [1.54, 1.807) is 6.92 Å². The van der Waals surface area contributed by atoms with Crippen molar-refractivity contribution in [3.63, 3.8) is 0 Å². The highest BCUT2D eigenvalue weighted by Gasteiger charge is 2.43. The van der Waals surface area contributed by atoms with Crippen LogP contribution in [-0.2, 0) is 33.2 Å². The number of hydrogen-bond acceptors (Lipinski definition) is 7. The quantitative estimate of drug-likeness (QED) is 0.149. The maximum absolute atomic E-state index is 13.5. The van der Waals surface area contributed by atoms with Crippen molar-refractivity contribution in [1.29, 1.82) is 0 Å². The Morgan fingerprint density at radius 1 is 1.07 bits per heavy atom. The molecule has 45 heavy (non-hydrogen) atoms. The van der Waals surface area contributed by atoms with Crippen molar-refractivity contribution < 1.29 is 45.4 Å². The maximum atomic E-state index is 13.5. The number of carbonyl (C=O) groups is 2. The van der Waals surface area contributed by atoms with E-state index >= 15 is 0 Å². The van der Waals surface area contributed by atoms with Gasteiger partial charge in [0.15, 0.2) is 5.82 Å². The molecule has 0 radical (unpaired) electrons. The highest BCUT2D eigenvalue weighted by atomic mass is 79.9. The zero-order chi connectivity index (χ0) is 33.1. The fourth-order valence-corrected chi connectivity index (χ4v) is 6.37. The van der Waals surface area contributed by atoms with Crippen LogP contribution in [0.2, 0.25) is 0 Å². The van der Waals surface area contributed by atoms with E-state index in [-0.39, 0.29) is 24.5 Å². The van der Waals surface area contributed by atoms with Crippen molar-refractivity contribution in [2.45, 2.75) is 83.4 Å². The van der Waals surface area contributed by atoms with Crippen LogP contribution in [0.3, 0.4) is 0 Å². The highest BCUT2D eigenvalue weighted by molar-refractivity contribution is 9.10. The molecule has 1 aliphatic heterocycles. The number of hydrogen-bond donors (Lipinski definition) is 0. The summed E-state index contributed by atoms with van der Waals surface area (Å²) in [5, 5.41) is 0. The predicted molar refractivity (Wildman–Crippen MR) is 155 cm³/mol. The van der Waals surface area contributed by atoms with Crippen molar-refractivity contribution in [2.75, 3.05) is 25.1 Å². The van der Waals surface area contributed by atoms with Gasteiger partial charge in [-0.15, -0.1) is 0 Å². The third kappa shape index (κ3) is 8.79. The number of ether oxygens (including phenoxy) is 2. The number of esters is 1. The van der Waals surface area contributed by atoms with E-state index in [0.29, 0.717) is 53.7 Å². The van der Waals surface area contributed by atoms with Gasteiger partial charge in [-0.05, 0) is 91.1 Å². The molecule has 4 rings (SSSR count). The minimum Gasteiger partial charge on any atom is -0.466 e. The van der Waals surface area contributed by atoms with Crippen LogP contribution >= 0.6 is 15.9 Å². The fraction of sp³-hybridized carbons (Fsp3) is 0.600. The van der Waals surface area contributed by atoms with Crippen LogP contribution in [0.4, 0.5) is 37.0 Å². The molecule has 1 aromatic carbocycles. The number of aromatic nitrogens is 2. The molecule has 0 N–H and O–H groups in total. The Labute approximate surface area is 265 Å². The summed E-state index contributed by atoms with van der Waals surface area (Å²) in [5.41, 5.74) is -3.00. The molecule has 2 heterocycles. The monoisotopic (exact) mass is 708 g/mol. The Bertz CT molecular complexity index is 1340. The molecule has 4 unspecified atom stereocenters. The number of cyclic esters (lactones) is 1. The molecule has 2 fully saturated rings. The lowest BCUT2D eigenvalue weighted by atomic mass is 9.95. The van der Waals surface area contributed by atoms with Gasteiger partial charge in [0.2, 0.25) is 0 Å². The summed E-state index contributed by atoms with van der Waals surface area (Å²) in [6.45, 7) is 4.12. The first-order chi connectivity index (χ1) is 21.1. The number of carbonyl (C=O) groups excluding carboxylic acids is 2. The molecule has 1 aromatic heterocycles. The van der Waals surface area contributed by atoms with E-state index in [1.165, 1.54) is 18.0 Å². The van der Waals surface area contributed by atoms with Crippen molar-refractivity contribution in [1.82, 2.24) is 14.9 Å². The molecule has 0 bridgehead atoms. The number of rotatable bonds is 9. The van der Waals surface area contributed by atoms with Gasteiger partial charge in [-0.3, -0.25) is 9.69 Å². The van der Waals surface area contributed by atoms with Crippen LogP contribution in [0.15, 0.2) is 29.0 Å². The Balaban J connectivity index is 1.50. The van der Waals surface area contributed by atoms with Crippen LogP contribution in [0.25, 0.3) is 0 Å².